The average Bonchev–Trinajstić information content (AvgIpc) is 2.75. The van der Waals surface area contributed by atoms with Crippen LogP contribution < -0.4 is 14.8 Å². The molecule has 0 bridgehead atoms. The molecule has 1 aromatic heterocycles. The number of anilines is 2. The number of para-hydroxylation sites is 1. The molecule has 0 unspecified atom stereocenters. The topological polar surface area (TPSA) is 73.3 Å². The molecule has 138 valence electrons. The van der Waals surface area contributed by atoms with E-state index in [9.17, 15) is 4.79 Å². The van der Waals surface area contributed by atoms with E-state index < -0.39 is 5.97 Å². The summed E-state index contributed by atoms with van der Waals surface area (Å²) in [7, 11) is 1.58. The molecule has 3 aromatic carbocycles. The number of benzene rings is 3. The van der Waals surface area contributed by atoms with Crippen molar-refractivity contribution >= 4 is 28.4 Å². The van der Waals surface area contributed by atoms with Crippen LogP contribution in [0.5, 0.6) is 11.5 Å². The fourth-order valence-electron chi connectivity index (χ4n) is 2.74. The Balaban J connectivity index is 1.47. The van der Waals surface area contributed by atoms with Gasteiger partial charge in [0.1, 0.15) is 23.6 Å². The van der Waals surface area contributed by atoms with Gasteiger partial charge in [-0.25, -0.2) is 14.8 Å². The zero-order valence-electron chi connectivity index (χ0n) is 15.1. The molecule has 1 heterocycles. The number of methoxy groups -OCH3 is 1. The van der Waals surface area contributed by atoms with Crippen LogP contribution in [0, 0.1) is 0 Å². The second-order valence-corrected chi connectivity index (χ2v) is 6.01. The highest BCUT2D eigenvalue weighted by Crippen LogP contribution is 2.24. The van der Waals surface area contributed by atoms with Gasteiger partial charge in [0, 0.05) is 11.1 Å². The Hall–Kier alpha value is -3.93. The lowest BCUT2D eigenvalue weighted by molar-refractivity contribution is 0.0734. The minimum atomic E-state index is -0.426. The van der Waals surface area contributed by atoms with Gasteiger partial charge in [0.25, 0.3) is 0 Å². The summed E-state index contributed by atoms with van der Waals surface area (Å²) in [5.41, 5.74) is 2.15. The fourth-order valence-corrected chi connectivity index (χ4v) is 2.74. The zero-order valence-corrected chi connectivity index (χ0v) is 15.1. The Labute approximate surface area is 161 Å². The second-order valence-electron chi connectivity index (χ2n) is 6.01. The van der Waals surface area contributed by atoms with E-state index in [1.807, 2.05) is 36.4 Å². The molecule has 4 rings (SSSR count). The SMILES string of the molecule is COc1ccc(C(=O)Oc2ccc(Nc3ncnc4ccccc34)cc2)cc1. The summed E-state index contributed by atoms with van der Waals surface area (Å²) >= 11 is 0. The van der Waals surface area contributed by atoms with Crippen molar-refractivity contribution in [2.45, 2.75) is 0 Å². The number of esters is 1. The van der Waals surface area contributed by atoms with E-state index in [-0.39, 0.29) is 0 Å². The third-order valence-electron chi connectivity index (χ3n) is 4.20. The van der Waals surface area contributed by atoms with Gasteiger partial charge in [0.15, 0.2) is 0 Å². The lowest BCUT2D eigenvalue weighted by atomic mass is 10.2. The standard InChI is InChI=1S/C22H17N3O3/c1-27-17-10-6-15(7-11-17)22(26)28-18-12-8-16(9-13-18)25-21-19-4-2-3-5-20(19)23-14-24-21/h2-14H,1H3,(H,23,24,25). The maximum Gasteiger partial charge on any atom is 0.343 e. The van der Waals surface area contributed by atoms with Gasteiger partial charge in [0.2, 0.25) is 0 Å². The van der Waals surface area contributed by atoms with Crippen LogP contribution in [0.15, 0.2) is 79.1 Å². The van der Waals surface area contributed by atoms with E-state index >= 15 is 0 Å². The zero-order chi connectivity index (χ0) is 19.3. The Morgan fingerprint density at radius 1 is 0.857 bits per heavy atom. The number of hydrogen-bond acceptors (Lipinski definition) is 6. The van der Waals surface area contributed by atoms with Crippen molar-refractivity contribution in [3.05, 3.63) is 84.7 Å². The molecule has 6 nitrogen and oxygen atoms in total. The minimum absolute atomic E-state index is 0.426. The Bertz CT molecular complexity index is 1100. The lowest BCUT2D eigenvalue weighted by Crippen LogP contribution is -2.08. The fraction of sp³-hybridized carbons (Fsp3) is 0.0455. The van der Waals surface area contributed by atoms with Crippen LogP contribution in [0.3, 0.4) is 0 Å². The molecule has 1 N–H and O–H groups in total. The van der Waals surface area contributed by atoms with Crippen molar-refractivity contribution in [1.29, 1.82) is 0 Å². The smallest absolute Gasteiger partial charge is 0.343 e. The number of nitrogens with zero attached hydrogens (tertiary/aromatic N) is 2. The number of ether oxygens (including phenoxy) is 2. The van der Waals surface area contributed by atoms with E-state index in [1.54, 1.807) is 43.5 Å². The molecule has 0 aliphatic carbocycles. The largest absolute Gasteiger partial charge is 0.497 e. The summed E-state index contributed by atoms with van der Waals surface area (Å²) in [6.45, 7) is 0. The van der Waals surface area contributed by atoms with Crippen LogP contribution in [0.2, 0.25) is 0 Å². The molecule has 0 fully saturated rings. The number of hydrogen-bond donors (Lipinski definition) is 1. The third kappa shape index (κ3) is 3.76. The second kappa shape index (κ2) is 7.75. The highest BCUT2D eigenvalue weighted by Gasteiger charge is 2.09. The van der Waals surface area contributed by atoms with Gasteiger partial charge in [-0.05, 0) is 60.7 Å². The van der Waals surface area contributed by atoms with Gasteiger partial charge in [-0.3, -0.25) is 0 Å². The first-order chi connectivity index (χ1) is 13.7. The molecule has 0 aliphatic rings. The van der Waals surface area contributed by atoms with E-state index in [2.05, 4.69) is 15.3 Å². The molecule has 4 aromatic rings. The van der Waals surface area contributed by atoms with Crippen LogP contribution in [-0.2, 0) is 0 Å². The first-order valence-electron chi connectivity index (χ1n) is 8.66. The van der Waals surface area contributed by atoms with Crippen molar-refractivity contribution in [1.82, 2.24) is 9.97 Å². The van der Waals surface area contributed by atoms with Crippen molar-refractivity contribution in [2.75, 3.05) is 12.4 Å². The third-order valence-corrected chi connectivity index (χ3v) is 4.20. The maximum absolute atomic E-state index is 12.2. The first kappa shape index (κ1) is 17.5. The van der Waals surface area contributed by atoms with Gasteiger partial charge in [0.05, 0.1) is 18.2 Å². The monoisotopic (exact) mass is 371 g/mol. The molecule has 28 heavy (non-hydrogen) atoms. The van der Waals surface area contributed by atoms with Crippen molar-refractivity contribution in [2.24, 2.45) is 0 Å². The van der Waals surface area contributed by atoms with Crippen molar-refractivity contribution in [3.8, 4) is 11.5 Å². The van der Waals surface area contributed by atoms with Crippen molar-refractivity contribution < 1.29 is 14.3 Å². The number of rotatable bonds is 5. The summed E-state index contributed by atoms with van der Waals surface area (Å²) in [5, 5.41) is 4.20. The van der Waals surface area contributed by atoms with Gasteiger partial charge >= 0.3 is 5.97 Å². The summed E-state index contributed by atoms with van der Waals surface area (Å²) in [4.78, 5) is 20.8. The molecule has 0 atom stereocenters. The predicted octanol–water partition coefficient (Wildman–Crippen LogP) is 4.60. The summed E-state index contributed by atoms with van der Waals surface area (Å²) in [6, 6.07) is 21.7. The Morgan fingerprint density at radius 2 is 1.57 bits per heavy atom. The molecule has 0 spiro atoms. The number of carbonyl (C=O) groups is 1. The molecular weight excluding hydrogens is 354 g/mol. The normalized spacial score (nSPS) is 10.5. The number of carbonyl (C=O) groups excluding carboxylic acids is 1. The van der Waals surface area contributed by atoms with Gasteiger partial charge in [-0.15, -0.1) is 0 Å². The Morgan fingerprint density at radius 3 is 2.32 bits per heavy atom. The van der Waals surface area contributed by atoms with Gasteiger partial charge in [-0.2, -0.15) is 0 Å². The summed E-state index contributed by atoms with van der Waals surface area (Å²) < 4.78 is 10.5. The van der Waals surface area contributed by atoms with Crippen LogP contribution in [0.4, 0.5) is 11.5 Å². The molecule has 0 saturated carbocycles. The van der Waals surface area contributed by atoms with Gasteiger partial charge in [-0.1, -0.05) is 12.1 Å². The molecule has 0 amide bonds. The Kier molecular flexibility index (Phi) is 4.84. The number of aromatic nitrogens is 2. The lowest BCUT2D eigenvalue weighted by Gasteiger charge is -2.09. The van der Waals surface area contributed by atoms with Crippen LogP contribution in [0.1, 0.15) is 10.4 Å². The number of fused-ring (bicyclic) bond motifs is 1. The molecule has 6 heteroatoms. The maximum atomic E-state index is 12.2. The molecular formula is C22H17N3O3. The van der Waals surface area contributed by atoms with E-state index in [0.717, 1.165) is 16.6 Å². The highest BCUT2D eigenvalue weighted by molar-refractivity contribution is 5.92. The highest BCUT2D eigenvalue weighted by atomic mass is 16.5. The van der Waals surface area contributed by atoms with Crippen molar-refractivity contribution in [3.63, 3.8) is 0 Å². The average molecular weight is 371 g/mol. The molecule has 0 aliphatic heterocycles. The van der Waals surface area contributed by atoms with Crippen LogP contribution in [0.25, 0.3) is 10.9 Å². The van der Waals surface area contributed by atoms with Gasteiger partial charge < -0.3 is 14.8 Å². The molecule has 0 saturated heterocycles. The van der Waals surface area contributed by atoms with E-state index in [1.165, 1.54) is 6.33 Å². The molecule has 0 radical (unpaired) electrons. The first-order valence-corrected chi connectivity index (χ1v) is 8.66. The van der Waals surface area contributed by atoms with Crippen LogP contribution in [-0.4, -0.2) is 23.0 Å². The summed E-state index contributed by atoms with van der Waals surface area (Å²) in [6.07, 6.45) is 1.52. The van der Waals surface area contributed by atoms with Crippen LogP contribution >= 0.6 is 0 Å². The van der Waals surface area contributed by atoms with E-state index in [4.69, 9.17) is 9.47 Å². The summed E-state index contributed by atoms with van der Waals surface area (Å²) in [5.74, 6) is 1.43. The predicted molar refractivity (Wildman–Crippen MR) is 107 cm³/mol. The number of nitrogens with one attached hydrogen (secondary N) is 1. The quantitative estimate of drug-likeness (QED) is 0.408. The minimum Gasteiger partial charge on any atom is -0.497 e. The van der Waals surface area contributed by atoms with E-state index in [0.29, 0.717) is 22.9 Å².